The number of hydrogen-bond acceptors (Lipinski definition) is 4. The summed E-state index contributed by atoms with van der Waals surface area (Å²) in [6.45, 7) is 4.12. The first-order valence-corrected chi connectivity index (χ1v) is 6.60. The highest BCUT2D eigenvalue weighted by Gasteiger charge is 2.40. The van der Waals surface area contributed by atoms with Crippen LogP contribution in [0.25, 0.3) is 11.2 Å². The van der Waals surface area contributed by atoms with Gasteiger partial charge in [-0.25, -0.2) is 4.98 Å². The van der Waals surface area contributed by atoms with Gasteiger partial charge < -0.3 is 10.2 Å². The van der Waals surface area contributed by atoms with Gasteiger partial charge in [-0.3, -0.25) is 0 Å². The Morgan fingerprint density at radius 2 is 2.17 bits per heavy atom. The summed E-state index contributed by atoms with van der Waals surface area (Å²) in [6, 6.07) is 4.01. The first kappa shape index (κ1) is 11.7. The third-order valence-electron chi connectivity index (χ3n) is 4.16. The van der Waals surface area contributed by atoms with Crippen LogP contribution in [0.15, 0.2) is 16.5 Å². The van der Waals surface area contributed by atoms with Crippen LogP contribution in [-0.4, -0.2) is 16.0 Å². The second kappa shape index (κ2) is 4.05. The fourth-order valence-electron chi connectivity index (χ4n) is 2.78. The molecule has 1 aliphatic carbocycles. The van der Waals surface area contributed by atoms with Gasteiger partial charge in [0, 0.05) is 11.7 Å². The minimum atomic E-state index is -0.146. The smallest absolute Gasteiger partial charge is 0.204 e. The van der Waals surface area contributed by atoms with Gasteiger partial charge in [0.1, 0.15) is 0 Å². The van der Waals surface area contributed by atoms with E-state index in [0.717, 1.165) is 30.0 Å². The van der Waals surface area contributed by atoms with Crippen molar-refractivity contribution in [3.63, 3.8) is 0 Å². The molecule has 2 aromatic rings. The van der Waals surface area contributed by atoms with Crippen molar-refractivity contribution in [1.29, 1.82) is 0 Å². The van der Waals surface area contributed by atoms with Crippen molar-refractivity contribution in [2.24, 2.45) is 5.73 Å². The molecule has 2 unspecified atom stereocenters. The summed E-state index contributed by atoms with van der Waals surface area (Å²) >= 11 is 0. The lowest BCUT2D eigenvalue weighted by Crippen LogP contribution is -2.45. The molecular weight excluding hydrogens is 226 g/mol. The van der Waals surface area contributed by atoms with Gasteiger partial charge in [0.2, 0.25) is 5.89 Å². The number of hydrogen-bond donors (Lipinski definition) is 1. The molecule has 2 atom stereocenters. The zero-order valence-corrected chi connectivity index (χ0v) is 10.9. The molecule has 2 heterocycles. The van der Waals surface area contributed by atoms with Crippen LogP contribution in [-0.2, 0) is 5.41 Å². The van der Waals surface area contributed by atoms with Gasteiger partial charge in [0.05, 0.1) is 5.41 Å². The van der Waals surface area contributed by atoms with Gasteiger partial charge in [-0.1, -0.05) is 12.8 Å². The second-order valence-electron chi connectivity index (χ2n) is 5.56. The molecule has 0 aliphatic heterocycles. The first-order valence-electron chi connectivity index (χ1n) is 6.60. The second-order valence-corrected chi connectivity index (χ2v) is 5.56. The van der Waals surface area contributed by atoms with Crippen LogP contribution in [0.3, 0.4) is 0 Å². The molecule has 3 rings (SSSR count). The first-order chi connectivity index (χ1) is 8.59. The number of fused-ring (bicyclic) bond motifs is 1. The van der Waals surface area contributed by atoms with E-state index in [1.54, 1.807) is 0 Å². The molecule has 0 aromatic carbocycles. The Morgan fingerprint density at radius 1 is 1.33 bits per heavy atom. The van der Waals surface area contributed by atoms with E-state index in [4.69, 9.17) is 10.2 Å². The van der Waals surface area contributed by atoms with E-state index in [-0.39, 0.29) is 11.5 Å². The van der Waals surface area contributed by atoms with Crippen molar-refractivity contribution < 1.29 is 4.42 Å². The van der Waals surface area contributed by atoms with Crippen LogP contribution in [0, 0.1) is 6.92 Å². The van der Waals surface area contributed by atoms with Crippen LogP contribution in [0.4, 0.5) is 0 Å². The number of nitrogens with zero attached hydrogens (tertiary/aromatic N) is 2. The van der Waals surface area contributed by atoms with Crippen LogP contribution >= 0.6 is 0 Å². The minimum absolute atomic E-state index is 0.125. The Bertz CT molecular complexity index is 577. The number of aryl methyl sites for hydroxylation is 1. The fourth-order valence-corrected chi connectivity index (χ4v) is 2.78. The molecule has 4 nitrogen and oxygen atoms in total. The quantitative estimate of drug-likeness (QED) is 0.839. The van der Waals surface area contributed by atoms with Gasteiger partial charge in [-0.05, 0) is 38.8 Å². The molecule has 4 heteroatoms. The molecule has 0 radical (unpaired) electrons. The molecule has 1 aliphatic rings. The predicted molar refractivity (Wildman–Crippen MR) is 70.3 cm³/mol. The summed E-state index contributed by atoms with van der Waals surface area (Å²) in [4.78, 5) is 8.96. The largest absolute Gasteiger partial charge is 0.438 e. The van der Waals surface area contributed by atoms with E-state index in [1.807, 2.05) is 19.1 Å². The molecular formula is C14H19N3O. The summed E-state index contributed by atoms with van der Waals surface area (Å²) in [5.41, 5.74) is 8.55. The van der Waals surface area contributed by atoms with E-state index in [1.165, 1.54) is 12.8 Å². The van der Waals surface area contributed by atoms with Gasteiger partial charge in [0.15, 0.2) is 11.2 Å². The lowest BCUT2D eigenvalue weighted by Gasteiger charge is -2.36. The Hall–Kier alpha value is -1.42. The number of pyridine rings is 1. The molecule has 0 bridgehead atoms. The van der Waals surface area contributed by atoms with Gasteiger partial charge in [0.25, 0.3) is 0 Å². The zero-order chi connectivity index (χ0) is 12.8. The molecule has 18 heavy (non-hydrogen) atoms. The summed E-state index contributed by atoms with van der Waals surface area (Å²) < 4.78 is 5.88. The van der Waals surface area contributed by atoms with Crippen LogP contribution in [0.2, 0.25) is 0 Å². The Balaban J connectivity index is 2.07. The molecule has 0 saturated heterocycles. The molecule has 1 fully saturated rings. The maximum absolute atomic E-state index is 6.28. The van der Waals surface area contributed by atoms with Crippen LogP contribution in [0.5, 0.6) is 0 Å². The topological polar surface area (TPSA) is 64.9 Å². The standard InChI is InChI=1S/C14H19N3O/c1-9-6-7-10-12(16-9)17-13(18-10)14(2)8-4-3-5-11(14)15/h6-7,11H,3-5,8,15H2,1-2H3. The van der Waals surface area contributed by atoms with Crippen molar-refractivity contribution in [3.05, 3.63) is 23.7 Å². The summed E-state index contributed by atoms with van der Waals surface area (Å²) in [6.07, 6.45) is 4.48. The number of aromatic nitrogens is 2. The summed E-state index contributed by atoms with van der Waals surface area (Å²) in [5, 5.41) is 0. The highest BCUT2D eigenvalue weighted by molar-refractivity contribution is 5.67. The third-order valence-corrected chi connectivity index (χ3v) is 4.16. The molecule has 2 aromatic heterocycles. The summed E-state index contributed by atoms with van der Waals surface area (Å²) in [5.74, 6) is 0.753. The highest BCUT2D eigenvalue weighted by atomic mass is 16.3. The van der Waals surface area contributed by atoms with E-state index in [2.05, 4.69) is 16.9 Å². The maximum atomic E-state index is 6.28. The normalized spacial score (nSPS) is 28.7. The lowest BCUT2D eigenvalue weighted by atomic mass is 9.72. The molecule has 96 valence electrons. The third kappa shape index (κ3) is 1.72. The molecule has 0 spiro atoms. The van der Waals surface area contributed by atoms with E-state index in [9.17, 15) is 0 Å². The van der Waals surface area contributed by atoms with Crippen molar-refractivity contribution in [1.82, 2.24) is 9.97 Å². The lowest BCUT2D eigenvalue weighted by molar-refractivity contribution is 0.226. The Labute approximate surface area is 107 Å². The number of rotatable bonds is 1. The maximum Gasteiger partial charge on any atom is 0.204 e. The average Bonchev–Trinajstić information content (AvgIpc) is 2.76. The highest BCUT2D eigenvalue weighted by Crippen LogP contribution is 2.38. The fraction of sp³-hybridized carbons (Fsp3) is 0.571. The van der Waals surface area contributed by atoms with Crippen molar-refractivity contribution in [3.8, 4) is 0 Å². The minimum Gasteiger partial charge on any atom is -0.438 e. The molecule has 0 amide bonds. The Kier molecular flexibility index (Phi) is 2.63. The van der Waals surface area contributed by atoms with Crippen LogP contribution < -0.4 is 5.73 Å². The van der Waals surface area contributed by atoms with Crippen molar-refractivity contribution in [2.75, 3.05) is 0 Å². The van der Waals surface area contributed by atoms with E-state index >= 15 is 0 Å². The van der Waals surface area contributed by atoms with Gasteiger partial charge in [-0.15, -0.1) is 0 Å². The van der Waals surface area contributed by atoms with E-state index in [0.29, 0.717) is 5.65 Å². The number of oxazole rings is 1. The molecule has 1 saturated carbocycles. The zero-order valence-electron chi connectivity index (χ0n) is 10.9. The van der Waals surface area contributed by atoms with Crippen molar-refractivity contribution in [2.45, 2.75) is 51.0 Å². The monoisotopic (exact) mass is 245 g/mol. The molecule has 2 N–H and O–H groups in total. The van der Waals surface area contributed by atoms with Gasteiger partial charge >= 0.3 is 0 Å². The number of nitrogens with two attached hydrogens (primary N) is 1. The van der Waals surface area contributed by atoms with E-state index < -0.39 is 0 Å². The SMILES string of the molecule is Cc1ccc2oc(C3(C)CCCCC3N)nc2n1. The summed E-state index contributed by atoms with van der Waals surface area (Å²) in [7, 11) is 0. The average molecular weight is 245 g/mol. The predicted octanol–water partition coefficient (Wildman–Crippen LogP) is 2.69. The Morgan fingerprint density at radius 3 is 2.94 bits per heavy atom. The van der Waals surface area contributed by atoms with Gasteiger partial charge in [-0.2, -0.15) is 4.98 Å². The van der Waals surface area contributed by atoms with Crippen LogP contribution in [0.1, 0.15) is 44.2 Å². The van der Waals surface area contributed by atoms with Crippen molar-refractivity contribution >= 4 is 11.2 Å².